The first-order valence-corrected chi connectivity index (χ1v) is 2.27. The molecule has 2 radical (unpaired) electrons. The SMILES string of the molecule is Oc1ccc(O)cc1.[Mg]. The average molecular weight is 134 g/mol. The van der Waals surface area contributed by atoms with Crippen LogP contribution in [0.2, 0.25) is 0 Å². The van der Waals surface area contributed by atoms with E-state index in [1.165, 1.54) is 24.3 Å². The van der Waals surface area contributed by atoms with Crippen molar-refractivity contribution in [3.8, 4) is 11.5 Å². The van der Waals surface area contributed by atoms with Crippen LogP contribution in [-0.2, 0) is 0 Å². The zero-order valence-electron chi connectivity index (χ0n) is 4.91. The molecule has 1 aromatic rings. The summed E-state index contributed by atoms with van der Waals surface area (Å²) >= 11 is 0. The molecule has 44 valence electrons. The molecule has 0 aliphatic rings. The van der Waals surface area contributed by atoms with Gasteiger partial charge in [-0.3, -0.25) is 0 Å². The van der Waals surface area contributed by atoms with Crippen molar-refractivity contribution in [2.24, 2.45) is 0 Å². The quantitative estimate of drug-likeness (QED) is 0.405. The van der Waals surface area contributed by atoms with Crippen LogP contribution in [0.5, 0.6) is 11.5 Å². The van der Waals surface area contributed by atoms with Gasteiger partial charge in [0.15, 0.2) is 0 Å². The highest BCUT2D eigenvalue weighted by Crippen LogP contribution is 2.13. The fourth-order valence-electron chi connectivity index (χ4n) is 0.453. The molecule has 9 heavy (non-hydrogen) atoms. The van der Waals surface area contributed by atoms with E-state index in [1.54, 1.807) is 0 Å². The lowest BCUT2D eigenvalue weighted by Crippen LogP contribution is -1.61. The molecular formula is C6H6MgO2. The van der Waals surface area contributed by atoms with E-state index in [9.17, 15) is 0 Å². The molecule has 0 spiro atoms. The lowest BCUT2D eigenvalue weighted by Gasteiger charge is -1.88. The molecular weight excluding hydrogens is 128 g/mol. The number of aromatic hydroxyl groups is 2. The number of hydrogen-bond acceptors (Lipinski definition) is 2. The summed E-state index contributed by atoms with van der Waals surface area (Å²) < 4.78 is 0. The van der Waals surface area contributed by atoms with E-state index in [4.69, 9.17) is 10.2 Å². The van der Waals surface area contributed by atoms with E-state index in [-0.39, 0.29) is 34.6 Å². The molecule has 0 saturated carbocycles. The minimum atomic E-state index is 0. The second-order valence-corrected chi connectivity index (χ2v) is 1.52. The molecule has 3 heteroatoms. The predicted molar refractivity (Wildman–Crippen MR) is 35.5 cm³/mol. The van der Waals surface area contributed by atoms with Crippen LogP contribution in [0.3, 0.4) is 0 Å². The second kappa shape index (κ2) is 3.58. The van der Waals surface area contributed by atoms with Gasteiger partial charge in [-0.15, -0.1) is 0 Å². The Kier molecular flexibility index (Phi) is 3.42. The summed E-state index contributed by atoms with van der Waals surface area (Å²) in [5.74, 6) is 0.339. The van der Waals surface area contributed by atoms with Crippen molar-refractivity contribution in [3.63, 3.8) is 0 Å². The molecule has 0 atom stereocenters. The van der Waals surface area contributed by atoms with Crippen molar-refractivity contribution < 1.29 is 10.2 Å². The Hall–Kier alpha value is -0.414. The molecule has 0 aliphatic heterocycles. The highest BCUT2D eigenvalue weighted by atomic mass is 24.3. The Balaban J connectivity index is 0.000000640. The van der Waals surface area contributed by atoms with Crippen molar-refractivity contribution in [1.82, 2.24) is 0 Å². The summed E-state index contributed by atoms with van der Waals surface area (Å²) in [4.78, 5) is 0. The second-order valence-electron chi connectivity index (χ2n) is 1.52. The Morgan fingerprint density at radius 2 is 1.00 bits per heavy atom. The van der Waals surface area contributed by atoms with Gasteiger partial charge < -0.3 is 10.2 Å². The zero-order valence-corrected chi connectivity index (χ0v) is 6.33. The van der Waals surface area contributed by atoms with Gasteiger partial charge in [0.25, 0.3) is 0 Å². The molecule has 1 aromatic carbocycles. The van der Waals surface area contributed by atoms with Gasteiger partial charge in [-0.2, -0.15) is 0 Å². The molecule has 0 heterocycles. The fourth-order valence-corrected chi connectivity index (χ4v) is 0.453. The van der Waals surface area contributed by atoms with Gasteiger partial charge in [0.05, 0.1) is 0 Å². The maximum absolute atomic E-state index is 8.65. The van der Waals surface area contributed by atoms with Gasteiger partial charge in [0.1, 0.15) is 11.5 Å². The third-order valence-corrected chi connectivity index (χ3v) is 0.850. The lowest BCUT2D eigenvalue weighted by molar-refractivity contribution is 0.460. The van der Waals surface area contributed by atoms with Crippen LogP contribution in [0.4, 0.5) is 0 Å². The van der Waals surface area contributed by atoms with E-state index in [2.05, 4.69) is 0 Å². The summed E-state index contributed by atoms with van der Waals surface area (Å²) in [6.07, 6.45) is 0. The van der Waals surface area contributed by atoms with E-state index in [0.717, 1.165) is 0 Å². The maximum atomic E-state index is 8.65. The van der Waals surface area contributed by atoms with Crippen molar-refractivity contribution in [2.45, 2.75) is 0 Å². The molecule has 0 aliphatic carbocycles. The van der Waals surface area contributed by atoms with E-state index < -0.39 is 0 Å². The Labute approximate surface area is 69.3 Å². The molecule has 0 fully saturated rings. The number of rotatable bonds is 0. The molecule has 0 unspecified atom stereocenters. The van der Waals surface area contributed by atoms with Gasteiger partial charge in [-0.1, -0.05) is 0 Å². The number of phenolic OH excluding ortho intramolecular Hbond substituents is 2. The normalized spacial score (nSPS) is 8.00. The third kappa shape index (κ3) is 2.58. The Morgan fingerprint density at radius 3 is 1.22 bits per heavy atom. The monoisotopic (exact) mass is 134 g/mol. The zero-order chi connectivity index (χ0) is 5.98. The first-order chi connectivity index (χ1) is 3.79. The predicted octanol–water partition coefficient (Wildman–Crippen LogP) is 0.717. The summed E-state index contributed by atoms with van der Waals surface area (Å²) in [7, 11) is 0. The van der Waals surface area contributed by atoms with E-state index in [0.29, 0.717) is 0 Å². The molecule has 1 rings (SSSR count). The number of phenols is 2. The van der Waals surface area contributed by atoms with Gasteiger partial charge in [-0.05, 0) is 24.3 Å². The highest BCUT2D eigenvalue weighted by Gasteiger charge is 1.84. The molecule has 0 aromatic heterocycles. The van der Waals surface area contributed by atoms with Gasteiger partial charge in [0, 0.05) is 23.1 Å². The van der Waals surface area contributed by atoms with Crippen molar-refractivity contribution >= 4 is 23.1 Å². The van der Waals surface area contributed by atoms with E-state index >= 15 is 0 Å². The average Bonchev–Trinajstić information content (AvgIpc) is 1.77. The first kappa shape index (κ1) is 8.59. The highest BCUT2D eigenvalue weighted by molar-refractivity contribution is 5.75. The fraction of sp³-hybridized carbons (Fsp3) is 0. The van der Waals surface area contributed by atoms with Crippen LogP contribution in [-0.4, -0.2) is 33.3 Å². The maximum Gasteiger partial charge on any atom is 0.115 e. The summed E-state index contributed by atoms with van der Waals surface area (Å²) in [5.41, 5.74) is 0. The van der Waals surface area contributed by atoms with Gasteiger partial charge in [-0.25, -0.2) is 0 Å². The molecule has 0 amide bonds. The minimum Gasteiger partial charge on any atom is -0.508 e. The van der Waals surface area contributed by atoms with Crippen molar-refractivity contribution in [2.75, 3.05) is 0 Å². The van der Waals surface area contributed by atoms with Crippen LogP contribution in [0.25, 0.3) is 0 Å². The molecule has 0 saturated heterocycles. The topological polar surface area (TPSA) is 40.5 Å². The number of benzene rings is 1. The molecule has 2 nitrogen and oxygen atoms in total. The summed E-state index contributed by atoms with van der Waals surface area (Å²) in [6, 6.07) is 5.70. The molecule has 0 bridgehead atoms. The summed E-state index contributed by atoms with van der Waals surface area (Å²) in [5, 5.41) is 17.3. The van der Waals surface area contributed by atoms with Crippen LogP contribution >= 0.6 is 0 Å². The smallest absolute Gasteiger partial charge is 0.115 e. The Bertz CT molecular complexity index is 150. The number of hydrogen-bond donors (Lipinski definition) is 2. The first-order valence-electron chi connectivity index (χ1n) is 2.27. The molecule has 2 N–H and O–H groups in total. The Morgan fingerprint density at radius 1 is 0.778 bits per heavy atom. The van der Waals surface area contributed by atoms with Gasteiger partial charge >= 0.3 is 0 Å². The van der Waals surface area contributed by atoms with Crippen LogP contribution in [0, 0.1) is 0 Å². The minimum absolute atomic E-state index is 0. The van der Waals surface area contributed by atoms with Crippen LogP contribution < -0.4 is 0 Å². The van der Waals surface area contributed by atoms with Crippen LogP contribution in [0.1, 0.15) is 0 Å². The van der Waals surface area contributed by atoms with Gasteiger partial charge in [0.2, 0.25) is 0 Å². The lowest BCUT2D eigenvalue weighted by atomic mass is 10.3. The largest absolute Gasteiger partial charge is 0.508 e. The third-order valence-electron chi connectivity index (χ3n) is 0.850. The van der Waals surface area contributed by atoms with Crippen LogP contribution in [0.15, 0.2) is 24.3 Å². The standard InChI is InChI=1S/C6H6O2.Mg/c7-5-1-2-6(8)4-3-5;/h1-4,7-8H;. The van der Waals surface area contributed by atoms with Crippen molar-refractivity contribution in [1.29, 1.82) is 0 Å². The summed E-state index contributed by atoms with van der Waals surface area (Å²) in [6.45, 7) is 0. The van der Waals surface area contributed by atoms with Crippen molar-refractivity contribution in [3.05, 3.63) is 24.3 Å². The van der Waals surface area contributed by atoms with E-state index in [1.807, 2.05) is 0 Å².